The van der Waals surface area contributed by atoms with Crippen LogP contribution in [0, 0.1) is 0 Å². The van der Waals surface area contributed by atoms with Crippen molar-refractivity contribution in [1.82, 2.24) is 0 Å². The van der Waals surface area contributed by atoms with Gasteiger partial charge in [0, 0.05) is 4.47 Å². The normalized spacial score (nSPS) is 12.2. The molecule has 0 saturated heterocycles. The van der Waals surface area contributed by atoms with Crippen LogP contribution in [0.1, 0.15) is 31.7 Å². The van der Waals surface area contributed by atoms with Crippen LogP contribution in [0.2, 0.25) is 0 Å². The molecule has 0 saturated carbocycles. The average molecular weight is 271 g/mol. The number of carbonyl (C=O) groups is 1. The molecule has 1 rings (SSSR count). The van der Waals surface area contributed by atoms with Crippen molar-refractivity contribution in [3.05, 3.63) is 34.3 Å². The molecular weight excluding hydrogens is 256 g/mol. The highest BCUT2D eigenvalue weighted by molar-refractivity contribution is 9.10. The molecule has 1 atom stereocenters. The summed E-state index contributed by atoms with van der Waals surface area (Å²) in [4.78, 5) is 11.6. The summed E-state index contributed by atoms with van der Waals surface area (Å²) >= 11 is 3.37. The van der Waals surface area contributed by atoms with Crippen molar-refractivity contribution in [2.45, 2.75) is 26.2 Å². The monoisotopic (exact) mass is 270 g/mol. The zero-order valence-electron chi connectivity index (χ0n) is 9.00. The van der Waals surface area contributed by atoms with Crippen molar-refractivity contribution in [3.8, 4) is 0 Å². The second kappa shape index (κ2) is 5.91. The number of hydrogen-bond donors (Lipinski definition) is 0. The highest BCUT2D eigenvalue weighted by Crippen LogP contribution is 2.22. The van der Waals surface area contributed by atoms with Gasteiger partial charge < -0.3 is 4.74 Å². The van der Waals surface area contributed by atoms with Crippen molar-refractivity contribution in [1.29, 1.82) is 0 Å². The van der Waals surface area contributed by atoms with Gasteiger partial charge in [-0.05, 0) is 31.0 Å². The summed E-state index contributed by atoms with van der Waals surface area (Å²) in [5, 5.41) is 0. The fourth-order valence-corrected chi connectivity index (χ4v) is 1.74. The minimum Gasteiger partial charge on any atom is -0.466 e. The Labute approximate surface area is 98.8 Å². The smallest absolute Gasteiger partial charge is 0.313 e. The largest absolute Gasteiger partial charge is 0.466 e. The molecule has 3 heteroatoms. The molecule has 1 aromatic rings. The SMILES string of the molecule is CCOC(=O)[C@@H](CC)c1ccc(Br)cc1. The lowest BCUT2D eigenvalue weighted by molar-refractivity contribution is -0.145. The Kier molecular flexibility index (Phi) is 4.82. The van der Waals surface area contributed by atoms with Crippen LogP contribution in [0.3, 0.4) is 0 Å². The second-order valence-corrected chi connectivity index (χ2v) is 4.18. The molecule has 0 heterocycles. The van der Waals surface area contributed by atoms with E-state index < -0.39 is 0 Å². The quantitative estimate of drug-likeness (QED) is 0.783. The van der Waals surface area contributed by atoms with Gasteiger partial charge in [0.1, 0.15) is 0 Å². The molecule has 0 radical (unpaired) electrons. The molecule has 0 bridgehead atoms. The van der Waals surface area contributed by atoms with Gasteiger partial charge in [0.05, 0.1) is 12.5 Å². The molecule has 0 aromatic heterocycles. The third-order valence-electron chi connectivity index (χ3n) is 2.25. The fraction of sp³-hybridized carbons (Fsp3) is 0.417. The molecule has 0 aliphatic rings. The van der Waals surface area contributed by atoms with E-state index in [1.165, 1.54) is 0 Å². The number of rotatable bonds is 4. The van der Waals surface area contributed by atoms with Crippen molar-refractivity contribution < 1.29 is 9.53 Å². The first-order chi connectivity index (χ1) is 7.19. The molecule has 15 heavy (non-hydrogen) atoms. The number of halogens is 1. The molecule has 0 fully saturated rings. The van der Waals surface area contributed by atoms with E-state index in [1.54, 1.807) is 0 Å². The highest BCUT2D eigenvalue weighted by Gasteiger charge is 2.19. The fourth-order valence-electron chi connectivity index (χ4n) is 1.48. The van der Waals surface area contributed by atoms with E-state index in [1.807, 2.05) is 38.1 Å². The molecule has 2 nitrogen and oxygen atoms in total. The molecule has 0 N–H and O–H groups in total. The van der Waals surface area contributed by atoms with E-state index in [9.17, 15) is 4.79 Å². The summed E-state index contributed by atoms with van der Waals surface area (Å²) in [7, 11) is 0. The van der Waals surface area contributed by atoms with Gasteiger partial charge in [-0.2, -0.15) is 0 Å². The third-order valence-corrected chi connectivity index (χ3v) is 2.78. The Hall–Kier alpha value is -0.830. The molecular formula is C12H15BrO2. The van der Waals surface area contributed by atoms with Gasteiger partial charge in [-0.25, -0.2) is 0 Å². The van der Waals surface area contributed by atoms with Crippen molar-refractivity contribution in [2.24, 2.45) is 0 Å². The minimum atomic E-state index is -0.141. The van der Waals surface area contributed by atoms with Crippen molar-refractivity contribution in [3.63, 3.8) is 0 Å². The summed E-state index contributed by atoms with van der Waals surface area (Å²) < 4.78 is 6.05. The van der Waals surface area contributed by atoms with Gasteiger partial charge in [-0.15, -0.1) is 0 Å². The predicted octanol–water partition coefficient (Wildman–Crippen LogP) is 3.51. The number of carbonyl (C=O) groups excluding carboxylic acids is 1. The Morgan fingerprint density at radius 1 is 1.33 bits per heavy atom. The van der Waals surface area contributed by atoms with Gasteiger partial charge in [0.15, 0.2) is 0 Å². The van der Waals surface area contributed by atoms with Crippen LogP contribution < -0.4 is 0 Å². The maximum atomic E-state index is 11.6. The third kappa shape index (κ3) is 3.34. The predicted molar refractivity (Wildman–Crippen MR) is 63.8 cm³/mol. The van der Waals surface area contributed by atoms with E-state index >= 15 is 0 Å². The zero-order chi connectivity index (χ0) is 11.3. The summed E-state index contributed by atoms with van der Waals surface area (Å²) in [5.74, 6) is -0.277. The lowest BCUT2D eigenvalue weighted by atomic mass is 9.97. The Balaban J connectivity index is 2.82. The van der Waals surface area contributed by atoms with Gasteiger partial charge >= 0.3 is 5.97 Å². The van der Waals surface area contributed by atoms with Crippen LogP contribution in [0.25, 0.3) is 0 Å². The first kappa shape index (κ1) is 12.2. The lowest BCUT2D eigenvalue weighted by Crippen LogP contribution is -2.15. The molecule has 0 amide bonds. The maximum absolute atomic E-state index is 11.6. The van der Waals surface area contributed by atoms with Crippen LogP contribution in [0.15, 0.2) is 28.7 Å². The molecule has 1 aromatic carbocycles. The lowest BCUT2D eigenvalue weighted by Gasteiger charge is -2.13. The van der Waals surface area contributed by atoms with Crippen LogP contribution in [-0.2, 0) is 9.53 Å². The molecule has 0 aliphatic heterocycles. The van der Waals surface area contributed by atoms with Crippen molar-refractivity contribution >= 4 is 21.9 Å². The zero-order valence-corrected chi connectivity index (χ0v) is 10.6. The Morgan fingerprint density at radius 3 is 2.40 bits per heavy atom. The maximum Gasteiger partial charge on any atom is 0.313 e. The summed E-state index contributed by atoms with van der Waals surface area (Å²) in [5.41, 5.74) is 1.01. The van der Waals surface area contributed by atoms with E-state index in [-0.39, 0.29) is 11.9 Å². The van der Waals surface area contributed by atoms with Crippen LogP contribution in [0.4, 0.5) is 0 Å². The van der Waals surface area contributed by atoms with Crippen LogP contribution >= 0.6 is 15.9 Å². The number of ether oxygens (including phenoxy) is 1. The second-order valence-electron chi connectivity index (χ2n) is 3.26. The van der Waals surface area contributed by atoms with E-state index in [4.69, 9.17) is 4.74 Å². The average Bonchev–Trinajstić information content (AvgIpc) is 2.22. The Bertz CT molecular complexity index is 319. The summed E-state index contributed by atoms with van der Waals surface area (Å²) in [6, 6.07) is 7.79. The molecule has 0 spiro atoms. The molecule has 82 valence electrons. The van der Waals surface area contributed by atoms with Gasteiger partial charge in [-0.3, -0.25) is 4.79 Å². The van der Waals surface area contributed by atoms with E-state index in [0.29, 0.717) is 6.61 Å². The van der Waals surface area contributed by atoms with E-state index in [0.717, 1.165) is 16.5 Å². The first-order valence-electron chi connectivity index (χ1n) is 5.11. The first-order valence-corrected chi connectivity index (χ1v) is 5.90. The number of benzene rings is 1. The van der Waals surface area contributed by atoms with Gasteiger partial charge in [-0.1, -0.05) is 35.0 Å². The van der Waals surface area contributed by atoms with Crippen LogP contribution in [-0.4, -0.2) is 12.6 Å². The molecule has 0 aliphatic carbocycles. The van der Waals surface area contributed by atoms with Crippen molar-refractivity contribution in [2.75, 3.05) is 6.61 Å². The van der Waals surface area contributed by atoms with Gasteiger partial charge in [0.2, 0.25) is 0 Å². The van der Waals surface area contributed by atoms with Crippen LogP contribution in [0.5, 0.6) is 0 Å². The van der Waals surface area contributed by atoms with E-state index in [2.05, 4.69) is 15.9 Å². The highest BCUT2D eigenvalue weighted by atomic mass is 79.9. The topological polar surface area (TPSA) is 26.3 Å². The summed E-state index contributed by atoms with van der Waals surface area (Å²) in [6.07, 6.45) is 0.764. The minimum absolute atomic E-state index is 0.137. The number of esters is 1. The Morgan fingerprint density at radius 2 is 1.93 bits per heavy atom. The number of hydrogen-bond acceptors (Lipinski definition) is 2. The standard InChI is InChI=1S/C12H15BrO2/c1-3-11(12(14)15-4-2)9-5-7-10(13)8-6-9/h5-8,11H,3-4H2,1-2H3/t11-/m0/s1. The molecule has 0 unspecified atom stereocenters. The summed E-state index contributed by atoms with van der Waals surface area (Å²) in [6.45, 7) is 4.25. The van der Waals surface area contributed by atoms with Gasteiger partial charge in [0.25, 0.3) is 0 Å².